The van der Waals surface area contributed by atoms with Crippen LogP contribution in [0.1, 0.15) is 31.0 Å². The van der Waals surface area contributed by atoms with Crippen molar-refractivity contribution in [2.75, 3.05) is 26.3 Å². The molecule has 30 heavy (non-hydrogen) atoms. The van der Waals surface area contributed by atoms with Crippen LogP contribution in [0.25, 0.3) is 11.0 Å². The minimum atomic E-state index is -4.61. The third-order valence-electron chi connectivity index (χ3n) is 5.55. The maximum absolute atomic E-state index is 13.6. The van der Waals surface area contributed by atoms with E-state index in [-0.39, 0.29) is 28.5 Å². The van der Waals surface area contributed by atoms with E-state index in [1.165, 1.54) is 25.6 Å². The first-order chi connectivity index (χ1) is 14.1. The van der Waals surface area contributed by atoms with Crippen LogP contribution in [0.2, 0.25) is 0 Å². The summed E-state index contributed by atoms with van der Waals surface area (Å²) in [7, 11) is 1.51. The number of hydrogen-bond donors (Lipinski definition) is 0. The second kappa shape index (κ2) is 7.38. The molecule has 0 aromatic carbocycles. The molecule has 2 aromatic heterocycles. The van der Waals surface area contributed by atoms with Crippen molar-refractivity contribution in [2.24, 2.45) is 7.05 Å². The average Bonchev–Trinajstić information content (AvgIpc) is 3.25. The van der Waals surface area contributed by atoms with E-state index in [9.17, 15) is 18.0 Å². The van der Waals surface area contributed by atoms with Gasteiger partial charge in [0.2, 0.25) is 5.88 Å². The first kappa shape index (κ1) is 20.9. The van der Waals surface area contributed by atoms with Crippen molar-refractivity contribution in [3.8, 4) is 5.88 Å². The number of rotatable bonds is 3. The number of halogens is 3. The first-order valence-electron chi connectivity index (χ1n) is 9.74. The Bertz CT molecular complexity index is 959. The number of nitrogens with zero attached hydrogens (tertiary/aromatic N) is 4. The molecule has 2 fully saturated rings. The van der Waals surface area contributed by atoms with Gasteiger partial charge in [0.25, 0.3) is 5.91 Å². The second-order valence-corrected chi connectivity index (χ2v) is 7.61. The number of likely N-dealkylation sites (tertiary alicyclic amines) is 1. The molecule has 4 rings (SSSR count). The molecule has 164 valence electrons. The van der Waals surface area contributed by atoms with Crippen LogP contribution >= 0.6 is 0 Å². The summed E-state index contributed by atoms with van der Waals surface area (Å²) in [6.45, 7) is 4.92. The number of hydrogen-bond acceptors (Lipinski definition) is 6. The smallest absolute Gasteiger partial charge is 0.417 e. The fraction of sp³-hybridized carbons (Fsp3) is 0.632. The number of piperidine rings is 1. The standard InChI is InChI=1S/C19H23F3N4O4/c1-11-15-13(19(20,21)22)10-14(23-16(15)25(3)24-11)30-12(2)17(27)26-6-4-18(5-7-26)28-8-9-29-18/h10,12H,4-9H2,1-3H3/t12-/m0/s1. The zero-order chi connectivity index (χ0) is 21.7. The van der Waals surface area contributed by atoms with Gasteiger partial charge in [-0.3, -0.25) is 9.48 Å². The summed E-state index contributed by atoms with van der Waals surface area (Å²) < 4.78 is 58.9. The summed E-state index contributed by atoms with van der Waals surface area (Å²) in [6.07, 6.45) is -4.52. The highest BCUT2D eigenvalue weighted by Crippen LogP contribution is 2.38. The van der Waals surface area contributed by atoms with Gasteiger partial charge in [-0.2, -0.15) is 23.3 Å². The summed E-state index contributed by atoms with van der Waals surface area (Å²) in [5.41, 5.74) is -0.614. The van der Waals surface area contributed by atoms with Gasteiger partial charge in [0.15, 0.2) is 17.5 Å². The highest BCUT2D eigenvalue weighted by molar-refractivity contribution is 5.84. The number of aryl methyl sites for hydroxylation is 2. The number of aromatic nitrogens is 3. The van der Waals surface area contributed by atoms with E-state index in [4.69, 9.17) is 14.2 Å². The summed E-state index contributed by atoms with van der Waals surface area (Å²) in [5, 5.41) is 3.95. The molecular formula is C19H23F3N4O4. The molecule has 0 N–H and O–H groups in total. The van der Waals surface area contributed by atoms with Gasteiger partial charge in [-0.15, -0.1) is 0 Å². The summed E-state index contributed by atoms with van der Waals surface area (Å²) in [4.78, 5) is 18.5. The maximum Gasteiger partial charge on any atom is 0.417 e. The Labute approximate surface area is 170 Å². The van der Waals surface area contributed by atoms with Crippen LogP contribution in [0.15, 0.2) is 6.07 Å². The minimum Gasteiger partial charge on any atom is -0.464 e. The van der Waals surface area contributed by atoms with Crippen molar-refractivity contribution >= 4 is 16.9 Å². The molecule has 0 radical (unpaired) electrons. The molecule has 0 unspecified atom stereocenters. The Morgan fingerprint density at radius 3 is 2.50 bits per heavy atom. The van der Waals surface area contributed by atoms with Crippen LogP contribution in [0.4, 0.5) is 13.2 Å². The van der Waals surface area contributed by atoms with E-state index in [1.807, 2.05) is 0 Å². The third kappa shape index (κ3) is 3.71. The number of pyridine rings is 1. The SMILES string of the molecule is Cc1nn(C)c2nc(O[C@@H](C)C(=O)N3CCC4(CC3)OCCO4)cc(C(F)(F)F)c12. The number of ether oxygens (including phenoxy) is 3. The molecule has 2 aromatic rings. The normalized spacial score (nSPS) is 20.1. The molecule has 4 heterocycles. The molecule has 0 bridgehead atoms. The lowest BCUT2D eigenvalue weighted by Crippen LogP contribution is -2.50. The topological polar surface area (TPSA) is 78.7 Å². The molecule has 11 heteroatoms. The van der Waals surface area contributed by atoms with E-state index in [1.54, 1.807) is 4.90 Å². The van der Waals surface area contributed by atoms with Crippen LogP contribution in [0.3, 0.4) is 0 Å². The van der Waals surface area contributed by atoms with Crippen molar-refractivity contribution in [1.82, 2.24) is 19.7 Å². The highest BCUT2D eigenvalue weighted by Gasteiger charge is 2.42. The molecule has 2 saturated heterocycles. The van der Waals surface area contributed by atoms with Crippen LogP contribution in [0.5, 0.6) is 5.88 Å². The molecule has 8 nitrogen and oxygen atoms in total. The Kier molecular flexibility index (Phi) is 5.13. The van der Waals surface area contributed by atoms with Crippen LogP contribution in [-0.2, 0) is 27.5 Å². The van der Waals surface area contributed by atoms with Crippen LogP contribution in [-0.4, -0.2) is 63.8 Å². The predicted octanol–water partition coefficient (Wildman–Crippen LogP) is 2.43. The molecule has 1 spiro atoms. The summed E-state index contributed by atoms with van der Waals surface area (Å²) >= 11 is 0. The van der Waals surface area contributed by atoms with E-state index in [0.29, 0.717) is 39.1 Å². The Balaban J connectivity index is 1.52. The number of carbonyl (C=O) groups excluding carboxylic acids is 1. The second-order valence-electron chi connectivity index (χ2n) is 7.61. The number of alkyl halides is 3. The van der Waals surface area contributed by atoms with Crippen LogP contribution < -0.4 is 4.74 Å². The Morgan fingerprint density at radius 2 is 1.90 bits per heavy atom. The first-order valence-corrected chi connectivity index (χ1v) is 9.74. The quantitative estimate of drug-likeness (QED) is 0.747. The van der Waals surface area contributed by atoms with Gasteiger partial charge in [-0.1, -0.05) is 0 Å². The largest absolute Gasteiger partial charge is 0.464 e. The summed E-state index contributed by atoms with van der Waals surface area (Å²) in [6, 6.07) is 0.826. The monoisotopic (exact) mass is 428 g/mol. The van der Waals surface area contributed by atoms with Crippen molar-refractivity contribution in [3.05, 3.63) is 17.3 Å². The Hall–Kier alpha value is -2.40. The summed E-state index contributed by atoms with van der Waals surface area (Å²) in [5.74, 6) is -1.21. The minimum absolute atomic E-state index is 0.0485. The fourth-order valence-electron chi connectivity index (χ4n) is 4.05. The molecule has 2 aliphatic heterocycles. The number of amides is 1. The van der Waals surface area contributed by atoms with Gasteiger partial charge in [0.1, 0.15) is 0 Å². The molecular weight excluding hydrogens is 405 g/mol. The lowest BCUT2D eigenvalue weighted by Gasteiger charge is -2.38. The molecule has 0 saturated carbocycles. The van der Waals surface area contributed by atoms with Gasteiger partial charge in [-0.25, -0.2) is 0 Å². The molecule has 2 aliphatic rings. The molecule has 1 atom stereocenters. The highest BCUT2D eigenvalue weighted by atomic mass is 19.4. The number of fused-ring (bicyclic) bond motifs is 1. The molecule has 1 amide bonds. The van der Waals surface area contributed by atoms with Gasteiger partial charge in [0, 0.05) is 39.0 Å². The van der Waals surface area contributed by atoms with Crippen molar-refractivity contribution in [3.63, 3.8) is 0 Å². The van der Waals surface area contributed by atoms with Crippen LogP contribution in [0, 0.1) is 6.92 Å². The zero-order valence-electron chi connectivity index (χ0n) is 17.0. The Morgan fingerprint density at radius 1 is 1.27 bits per heavy atom. The zero-order valence-corrected chi connectivity index (χ0v) is 17.0. The third-order valence-corrected chi connectivity index (χ3v) is 5.55. The van der Waals surface area contributed by atoms with Gasteiger partial charge >= 0.3 is 6.18 Å². The predicted molar refractivity (Wildman–Crippen MR) is 98.8 cm³/mol. The van der Waals surface area contributed by atoms with E-state index in [0.717, 1.165) is 6.07 Å². The molecule has 0 aliphatic carbocycles. The van der Waals surface area contributed by atoms with Crippen molar-refractivity contribution < 1.29 is 32.2 Å². The van der Waals surface area contributed by atoms with Gasteiger partial charge < -0.3 is 19.1 Å². The average molecular weight is 428 g/mol. The lowest BCUT2D eigenvalue weighted by atomic mass is 10.0. The van der Waals surface area contributed by atoms with E-state index < -0.39 is 23.6 Å². The lowest BCUT2D eigenvalue weighted by molar-refractivity contribution is -0.188. The van der Waals surface area contributed by atoms with Gasteiger partial charge in [-0.05, 0) is 13.8 Å². The van der Waals surface area contributed by atoms with Gasteiger partial charge in [0.05, 0.1) is 29.9 Å². The van der Waals surface area contributed by atoms with E-state index in [2.05, 4.69) is 10.1 Å². The van der Waals surface area contributed by atoms with Crippen molar-refractivity contribution in [2.45, 2.75) is 44.8 Å². The van der Waals surface area contributed by atoms with E-state index >= 15 is 0 Å². The maximum atomic E-state index is 13.6. The number of carbonyl (C=O) groups is 1. The fourth-order valence-corrected chi connectivity index (χ4v) is 4.05. The van der Waals surface area contributed by atoms with Crippen molar-refractivity contribution in [1.29, 1.82) is 0 Å².